The molecule has 0 amide bonds. The lowest BCUT2D eigenvalue weighted by atomic mass is 10.2. The van der Waals surface area contributed by atoms with Crippen LogP contribution in [-0.2, 0) is 9.84 Å². The van der Waals surface area contributed by atoms with Gasteiger partial charge in [-0.25, -0.2) is 8.42 Å². The summed E-state index contributed by atoms with van der Waals surface area (Å²) in [5, 5.41) is 1.02. The topological polar surface area (TPSA) is 49.9 Å². The Morgan fingerprint density at radius 2 is 2.00 bits per heavy atom. The largest absolute Gasteiger partial charge is 0.361 e. The lowest BCUT2D eigenvalue weighted by Crippen LogP contribution is -1.95. The summed E-state index contributed by atoms with van der Waals surface area (Å²) >= 11 is 0. The fourth-order valence-corrected chi connectivity index (χ4v) is 1.90. The zero-order valence-corrected chi connectivity index (χ0v) is 7.93. The molecule has 4 heteroatoms. The molecule has 0 saturated carbocycles. The number of benzene rings is 1. The maximum atomic E-state index is 11.2. The molecular weight excluding hydrogens is 186 g/mol. The van der Waals surface area contributed by atoms with Crippen molar-refractivity contribution in [2.75, 3.05) is 6.26 Å². The van der Waals surface area contributed by atoms with Crippen LogP contribution in [0.15, 0.2) is 35.4 Å². The van der Waals surface area contributed by atoms with Crippen LogP contribution < -0.4 is 0 Å². The quantitative estimate of drug-likeness (QED) is 0.750. The summed E-state index contributed by atoms with van der Waals surface area (Å²) in [7, 11) is -3.09. The Balaban J connectivity index is 2.75. The van der Waals surface area contributed by atoms with Crippen LogP contribution >= 0.6 is 0 Å². The van der Waals surface area contributed by atoms with E-state index >= 15 is 0 Å². The third-order valence-electron chi connectivity index (χ3n) is 1.95. The molecule has 13 heavy (non-hydrogen) atoms. The van der Waals surface area contributed by atoms with E-state index in [1.807, 2.05) is 6.07 Å². The van der Waals surface area contributed by atoms with E-state index in [1.165, 1.54) is 6.26 Å². The highest BCUT2D eigenvalue weighted by molar-refractivity contribution is 7.90. The van der Waals surface area contributed by atoms with Crippen molar-refractivity contribution in [2.45, 2.75) is 4.90 Å². The molecule has 0 atom stereocenters. The molecule has 1 aromatic carbocycles. The molecule has 0 radical (unpaired) electrons. The van der Waals surface area contributed by atoms with Crippen molar-refractivity contribution in [1.29, 1.82) is 0 Å². The maximum Gasteiger partial charge on any atom is 0.175 e. The molecule has 2 aromatic rings. The van der Waals surface area contributed by atoms with Crippen molar-refractivity contribution in [3.8, 4) is 0 Å². The number of hydrogen-bond acceptors (Lipinski definition) is 2. The molecule has 3 nitrogen and oxygen atoms in total. The third kappa shape index (κ3) is 1.45. The average Bonchev–Trinajstić information content (AvgIpc) is 2.47. The Morgan fingerprint density at radius 1 is 1.23 bits per heavy atom. The summed E-state index contributed by atoms with van der Waals surface area (Å²) in [5.74, 6) is 0. The number of aromatic nitrogens is 1. The molecule has 1 N–H and O–H groups in total. The van der Waals surface area contributed by atoms with Crippen LogP contribution in [0.25, 0.3) is 10.9 Å². The minimum absolute atomic E-state index is 0.349. The average molecular weight is 195 g/mol. The van der Waals surface area contributed by atoms with E-state index < -0.39 is 9.84 Å². The second-order valence-corrected chi connectivity index (χ2v) is 5.01. The van der Waals surface area contributed by atoms with Crippen molar-refractivity contribution in [3.05, 3.63) is 30.5 Å². The standard InChI is InChI=1S/C9H9NO2S/c1-13(11,12)8-3-2-7-4-5-10-9(7)6-8/h2-6,10H,1H3. The van der Waals surface area contributed by atoms with Crippen LogP contribution in [0.3, 0.4) is 0 Å². The minimum Gasteiger partial charge on any atom is -0.361 e. The number of aromatic amines is 1. The zero-order chi connectivity index (χ0) is 9.47. The molecule has 2 rings (SSSR count). The fourth-order valence-electron chi connectivity index (χ4n) is 1.26. The summed E-state index contributed by atoms with van der Waals surface area (Å²) in [5.41, 5.74) is 0.850. The molecule has 0 aliphatic carbocycles. The van der Waals surface area contributed by atoms with E-state index in [-0.39, 0.29) is 0 Å². The van der Waals surface area contributed by atoms with Gasteiger partial charge in [0, 0.05) is 18.0 Å². The Bertz CT molecular complexity index is 539. The predicted molar refractivity (Wildman–Crippen MR) is 51.4 cm³/mol. The van der Waals surface area contributed by atoms with Crippen LogP contribution in [0.4, 0.5) is 0 Å². The summed E-state index contributed by atoms with van der Waals surface area (Å²) < 4.78 is 22.4. The highest BCUT2D eigenvalue weighted by atomic mass is 32.2. The Hall–Kier alpha value is -1.29. The molecule has 68 valence electrons. The lowest BCUT2D eigenvalue weighted by Gasteiger charge is -1.97. The molecule has 0 aliphatic rings. The summed E-state index contributed by atoms with van der Waals surface area (Å²) in [6, 6.07) is 6.96. The maximum absolute atomic E-state index is 11.2. The van der Waals surface area contributed by atoms with Crippen LogP contribution in [0.1, 0.15) is 0 Å². The Labute approximate surface area is 76.3 Å². The van der Waals surface area contributed by atoms with Crippen molar-refractivity contribution < 1.29 is 8.42 Å². The van der Waals surface area contributed by atoms with Crippen molar-refractivity contribution in [3.63, 3.8) is 0 Å². The van der Waals surface area contributed by atoms with Gasteiger partial charge >= 0.3 is 0 Å². The third-order valence-corrected chi connectivity index (χ3v) is 3.06. The lowest BCUT2D eigenvalue weighted by molar-refractivity contribution is 0.602. The number of fused-ring (bicyclic) bond motifs is 1. The SMILES string of the molecule is CS(=O)(=O)c1ccc2cc[nH]c2c1. The van der Waals surface area contributed by atoms with Gasteiger partial charge < -0.3 is 4.98 Å². The smallest absolute Gasteiger partial charge is 0.175 e. The van der Waals surface area contributed by atoms with Gasteiger partial charge in [0.15, 0.2) is 9.84 Å². The van der Waals surface area contributed by atoms with Gasteiger partial charge in [-0.3, -0.25) is 0 Å². The second kappa shape index (κ2) is 2.60. The monoisotopic (exact) mass is 195 g/mol. The van der Waals surface area contributed by atoms with Gasteiger partial charge in [-0.1, -0.05) is 6.07 Å². The van der Waals surface area contributed by atoms with Crippen LogP contribution in [-0.4, -0.2) is 19.7 Å². The zero-order valence-electron chi connectivity index (χ0n) is 7.11. The summed E-state index contributed by atoms with van der Waals surface area (Å²) in [4.78, 5) is 3.32. The van der Waals surface area contributed by atoms with Crippen LogP contribution in [0.5, 0.6) is 0 Å². The van der Waals surface area contributed by atoms with E-state index in [0.717, 1.165) is 10.9 Å². The fraction of sp³-hybridized carbons (Fsp3) is 0.111. The van der Waals surface area contributed by atoms with E-state index in [4.69, 9.17) is 0 Å². The van der Waals surface area contributed by atoms with Gasteiger partial charge in [-0.2, -0.15) is 0 Å². The summed E-state index contributed by atoms with van der Waals surface area (Å²) in [6.45, 7) is 0. The molecular formula is C9H9NO2S. The Kier molecular flexibility index (Phi) is 1.66. The molecule has 0 unspecified atom stereocenters. The predicted octanol–water partition coefficient (Wildman–Crippen LogP) is 1.57. The van der Waals surface area contributed by atoms with E-state index in [0.29, 0.717) is 4.90 Å². The number of nitrogens with one attached hydrogen (secondary N) is 1. The molecule has 0 spiro atoms. The first-order valence-electron chi connectivity index (χ1n) is 3.84. The molecule has 0 saturated heterocycles. The first-order valence-corrected chi connectivity index (χ1v) is 5.74. The number of rotatable bonds is 1. The molecule has 1 heterocycles. The summed E-state index contributed by atoms with van der Waals surface area (Å²) in [6.07, 6.45) is 2.99. The van der Waals surface area contributed by atoms with Gasteiger partial charge in [0.05, 0.1) is 4.90 Å². The van der Waals surface area contributed by atoms with E-state index in [1.54, 1.807) is 24.4 Å². The molecule has 0 bridgehead atoms. The van der Waals surface area contributed by atoms with Gasteiger partial charge in [-0.15, -0.1) is 0 Å². The van der Waals surface area contributed by atoms with Crippen LogP contribution in [0, 0.1) is 0 Å². The van der Waals surface area contributed by atoms with Crippen LogP contribution in [0.2, 0.25) is 0 Å². The molecule has 0 aliphatic heterocycles. The Morgan fingerprint density at radius 3 is 2.69 bits per heavy atom. The molecule has 1 aromatic heterocycles. The van der Waals surface area contributed by atoms with Gasteiger partial charge in [0.25, 0.3) is 0 Å². The van der Waals surface area contributed by atoms with E-state index in [9.17, 15) is 8.42 Å². The minimum atomic E-state index is -3.09. The van der Waals surface area contributed by atoms with E-state index in [2.05, 4.69) is 4.98 Å². The number of H-pyrrole nitrogens is 1. The molecule has 0 fully saturated rings. The number of hydrogen-bond donors (Lipinski definition) is 1. The highest BCUT2D eigenvalue weighted by Crippen LogP contribution is 2.17. The van der Waals surface area contributed by atoms with Crippen molar-refractivity contribution in [1.82, 2.24) is 4.98 Å². The first-order chi connectivity index (χ1) is 6.07. The highest BCUT2D eigenvalue weighted by Gasteiger charge is 2.07. The van der Waals surface area contributed by atoms with Crippen molar-refractivity contribution in [2.24, 2.45) is 0 Å². The van der Waals surface area contributed by atoms with Crippen molar-refractivity contribution >= 4 is 20.7 Å². The normalized spacial score (nSPS) is 12.1. The first kappa shape index (κ1) is 8.31. The van der Waals surface area contributed by atoms with Gasteiger partial charge in [0.1, 0.15) is 0 Å². The van der Waals surface area contributed by atoms with Gasteiger partial charge in [-0.05, 0) is 23.6 Å². The second-order valence-electron chi connectivity index (χ2n) is 3.00. The van der Waals surface area contributed by atoms with Gasteiger partial charge in [0.2, 0.25) is 0 Å². The number of sulfone groups is 1.